The van der Waals surface area contributed by atoms with Gasteiger partial charge < -0.3 is 9.47 Å². The van der Waals surface area contributed by atoms with Gasteiger partial charge in [0.2, 0.25) is 0 Å². The van der Waals surface area contributed by atoms with Crippen LogP contribution in [0.1, 0.15) is 46.5 Å². The van der Waals surface area contributed by atoms with Crippen molar-refractivity contribution in [3.63, 3.8) is 0 Å². The van der Waals surface area contributed by atoms with Gasteiger partial charge in [-0.15, -0.1) is 0 Å². The summed E-state index contributed by atoms with van der Waals surface area (Å²) in [5, 5.41) is 0. The van der Waals surface area contributed by atoms with Crippen LogP contribution >= 0.6 is 0 Å². The summed E-state index contributed by atoms with van der Waals surface area (Å²) in [7, 11) is 0. The van der Waals surface area contributed by atoms with Crippen LogP contribution in [0.25, 0.3) is 0 Å². The summed E-state index contributed by atoms with van der Waals surface area (Å²) in [5.41, 5.74) is 0. The lowest BCUT2D eigenvalue weighted by atomic mass is 9.99. The van der Waals surface area contributed by atoms with Crippen molar-refractivity contribution in [2.45, 2.75) is 46.5 Å². The number of ether oxygens (including phenoxy) is 2. The van der Waals surface area contributed by atoms with E-state index in [1.807, 2.05) is 0 Å². The Morgan fingerprint density at radius 3 is 1.94 bits per heavy atom. The maximum Gasteiger partial charge on any atom is 0.309 e. The number of carbonyl (C=O) groups is 2. The third-order valence-corrected chi connectivity index (χ3v) is 2.24. The smallest absolute Gasteiger partial charge is 0.309 e. The highest BCUT2D eigenvalue weighted by molar-refractivity contribution is 5.72. The molecule has 0 radical (unpaired) electrons. The van der Waals surface area contributed by atoms with Gasteiger partial charge in [-0.3, -0.25) is 9.59 Å². The largest absolute Gasteiger partial charge is 0.462 e. The minimum atomic E-state index is -0.352. The molecule has 4 nitrogen and oxygen atoms in total. The maximum atomic E-state index is 11.6. The first-order valence-corrected chi connectivity index (χ1v) is 5.91. The summed E-state index contributed by atoms with van der Waals surface area (Å²) in [6.07, 6.45) is 3.67. The highest BCUT2D eigenvalue weighted by Crippen LogP contribution is 2.15. The van der Waals surface area contributed by atoms with Gasteiger partial charge in [0.15, 0.2) is 0 Å². The third kappa shape index (κ3) is 7.26. The summed E-state index contributed by atoms with van der Waals surface area (Å²) in [5.74, 6) is -0.530. The van der Waals surface area contributed by atoms with Gasteiger partial charge in [0.25, 0.3) is 0 Å². The lowest BCUT2D eigenvalue weighted by Crippen LogP contribution is -2.20. The molecule has 0 bridgehead atoms. The Labute approximate surface area is 97.3 Å². The second-order valence-electron chi connectivity index (χ2n) is 3.78. The van der Waals surface area contributed by atoms with Crippen LogP contribution in [0.15, 0.2) is 0 Å². The Balaban J connectivity index is 3.77. The lowest BCUT2D eigenvalue weighted by Gasteiger charge is -2.14. The zero-order valence-electron chi connectivity index (χ0n) is 10.5. The van der Waals surface area contributed by atoms with Crippen LogP contribution < -0.4 is 0 Å². The van der Waals surface area contributed by atoms with Crippen molar-refractivity contribution in [1.82, 2.24) is 0 Å². The fourth-order valence-corrected chi connectivity index (χ4v) is 1.52. The first-order valence-electron chi connectivity index (χ1n) is 5.91. The molecule has 0 saturated carbocycles. The van der Waals surface area contributed by atoms with Gasteiger partial charge in [0.1, 0.15) is 13.2 Å². The second-order valence-corrected chi connectivity index (χ2v) is 3.78. The number of hydrogen-bond acceptors (Lipinski definition) is 4. The van der Waals surface area contributed by atoms with E-state index in [0.717, 1.165) is 25.7 Å². The van der Waals surface area contributed by atoms with Crippen molar-refractivity contribution in [3.05, 3.63) is 0 Å². The topological polar surface area (TPSA) is 52.6 Å². The van der Waals surface area contributed by atoms with Crippen molar-refractivity contribution in [3.8, 4) is 0 Å². The minimum Gasteiger partial charge on any atom is -0.462 e. The molecule has 0 amide bonds. The molecular weight excluding hydrogens is 208 g/mol. The van der Waals surface area contributed by atoms with Gasteiger partial charge in [-0.2, -0.15) is 0 Å². The van der Waals surface area contributed by atoms with E-state index in [4.69, 9.17) is 4.74 Å². The second kappa shape index (κ2) is 9.19. The Kier molecular flexibility index (Phi) is 8.58. The molecule has 0 atom stereocenters. The zero-order chi connectivity index (χ0) is 12.4. The van der Waals surface area contributed by atoms with Gasteiger partial charge in [-0.05, 0) is 12.8 Å². The molecule has 4 heteroatoms. The first-order chi connectivity index (χ1) is 7.61. The van der Waals surface area contributed by atoms with Crippen molar-refractivity contribution in [1.29, 1.82) is 0 Å². The van der Waals surface area contributed by atoms with Crippen LogP contribution in [-0.4, -0.2) is 25.2 Å². The van der Waals surface area contributed by atoms with Crippen LogP contribution in [0.5, 0.6) is 0 Å². The van der Waals surface area contributed by atoms with Crippen molar-refractivity contribution in [2.75, 3.05) is 13.2 Å². The highest BCUT2D eigenvalue weighted by Gasteiger charge is 2.17. The van der Waals surface area contributed by atoms with Crippen molar-refractivity contribution in [2.24, 2.45) is 5.92 Å². The fourth-order valence-electron chi connectivity index (χ4n) is 1.52. The van der Waals surface area contributed by atoms with Crippen LogP contribution in [0, 0.1) is 5.92 Å². The van der Waals surface area contributed by atoms with Crippen LogP contribution in [0.4, 0.5) is 0 Å². The number of hydrogen-bond donors (Lipinski definition) is 0. The van der Waals surface area contributed by atoms with Gasteiger partial charge in [-0.25, -0.2) is 0 Å². The van der Waals surface area contributed by atoms with E-state index in [1.54, 1.807) is 0 Å². The third-order valence-electron chi connectivity index (χ3n) is 2.24. The predicted octanol–water partition coefficient (Wildman–Crippen LogP) is 2.31. The van der Waals surface area contributed by atoms with Crippen LogP contribution in [0.2, 0.25) is 0 Å². The Morgan fingerprint density at radius 1 is 1.00 bits per heavy atom. The van der Waals surface area contributed by atoms with Crippen LogP contribution in [-0.2, 0) is 19.1 Å². The first kappa shape index (κ1) is 14.9. The minimum absolute atomic E-state index is 0.00710. The van der Waals surface area contributed by atoms with E-state index in [2.05, 4.69) is 18.6 Å². The number of carbonyl (C=O) groups excluding carboxylic acids is 2. The molecule has 0 heterocycles. The molecule has 0 aromatic rings. The molecule has 0 unspecified atom stereocenters. The van der Waals surface area contributed by atoms with E-state index < -0.39 is 0 Å². The normalized spacial score (nSPS) is 10.2. The van der Waals surface area contributed by atoms with E-state index in [9.17, 15) is 9.59 Å². The molecule has 0 aliphatic carbocycles. The Hall–Kier alpha value is -1.06. The highest BCUT2D eigenvalue weighted by atomic mass is 16.6. The molecule has 0 saturated heterocycles. The Morgan fingerprint density at radius 2 is 1.50 bits per heavy atom. The van der Waals surface area contributed by atoms with Crippen molar-refractivity contribution < 1.29 is 19.1 Å². The summed E-state index contributed by atoms with van der Waals surface area (Å²) in [6, 6.07) is 0. The standard InChI is InChI=1S/C12H22O4/c1-4-6-11(7-5-2)12(14)16-9-8-15-10(3)13/h11H,4-9H2,1-3H3. The van der Waals surface area contributed by atoms with E-state index in [0.29, 0.717) is 0 Å². The average molecular weight is 230 g/mol. The monoisotopic (exact) mass is 230 g/mol. The molecule has 0 spiro atoms. The van der Waals surface area contributed by atoms with Gasteiger partial charge in [-0.1, -0.05) is 26.7 Å². The Bertz CT molecular complexity index is 207. The number of rotatable bonds is 8. The van der Waals surface area contributed by atoms with Gasteiger partial charge in [0.05, 0.1) is 5.92 Å². The fraction of sp³-hybridized carbons (Fsp3) is 0.833. The molecule has 0 aliphatic rings. The van der Waals surface area contributed by atoms with E-state index >= 15 is 0 Å². The molecule has 94 valence electrons. The molecular formula is C12H22O4. The average Bonchev–Trinajstić information content (AvgIpc) is 2.23. The molecule has 0 fully saturated rings. The zero-order valence-corrected chi connectivity index (χ0v) is 10.5. The quantitative estimate of drug-likeness (QED) is 0.474. The number of esters is 2. The molecule has 0 rings (SSSR count). The van der Waals surface area contributed by atoms with Crippen molar-refractivity contribution >= 4 is 11.9 Å². The van der Waals surface area contributed by atoms with Gasteiger partial charge >= 0.3 is 11.9 Å². The van der Waals surface area contributed by atoms with E-state index in [-0.39, 0.29) is 31.1 Å². The lowest BCUT2D eigenvalue weighted by molar-refractivity contribution is -0.154. The summed E-state index contributed by atoms with van der Waals surface area (Å²) < 4.78 is 9.72. The summed E-state index contributed by atoms with van der Waals surface area (Å²) >= 11 is 0. The summed E-state index contributed by atoms with van der Waals surface area (Å²) in [6.45, 7) is 5.73. The maximum absolute atomic E-state index is 11.6. The van der Waals surface area contributed by atoms with Crippen LogP contribution in [0.3, 0.4) is 0 Å². The van der Waals surface area contributed by atoms with E-state index in [1.165, 1.54) is 6.92 Å². The molecule has 0 aliphatic heterocycles. The molecule has 0 aromatic heterocycles. The molecule has 0 aromatic carbocycles. The summed E-state index contributed by atoms with van der Waals surface area (Å²) in [4.78, 5) is 22.1. The van der Waals surface area contributed by atoms with Gasteiger partial charge in [0, 0.05) is 6.92 Å². The molecule has 0 N–H and O–H groups in total. The molecule has 16 heavy (non-hydrogen) atoms. The predicted molar refractivity (Wildman–Crippen MR) is 60.9 cm³/mol. The SMILES string of the molecule is CCCC(CCC)C(=O)OCCOC(C)=O.